The maximum Gasteiger partial charge on any atom is 0.140 e. The van der Waals surface area contributed by atoms with Crippen LogP contribution in [-0.2, 0) is 5.41 Å². The lowest BCUT2D eigenvalue weighted by Gasteiger charge is -2.19. The summed E-state index contributed by atoms with van der Waals surface area (Å²) in [5, 5.41) is 10.4. The van der Waals surface area contributed by atoms with E-state index in [0.29, 0.717) is 5.02 Å². The van der Waals surface area contributed by atoms with Gasteiger partial charge in [-0.3, -0.25) is 0 Å². The molecule has 1 aromatic carbocycles. The van der Waals surface area contributed by atoms with E-state index in [0.717, 1.165) is 11.3 Å². The highest BCUT2D eigenvalue weighted by Gasteiger charge is 2.41. The molecule has 0 aromatic heterocycles. The van der Waals surface area contributed by atoms with Gasteiger partial charge in [0.15, 0.2) is 0 Å². The number of nitrogens with zero attached hydrogens (tertiary/aromatic N) is 1. The Bertz CT molecular complexity index is 397. The van der Waals surface area contributed by atoms with Crippen molar-refractivity contribution in [3.8, 4) is 5.75 Å². The highest BCUT2D eigenvalue weighted by molar-refractivity contribution is 6.31. The molecule has 2 nitrogen and oxygen atoms in total. The van der Waals surface area contributed by atoms with Crippen LogP contribution < -0.4 is 4.90 Å². The Kier molecular flexibility index (Phi) is 2.34. The van der Waals surface area contributed by atoms with Crippen LogP contribution in [0.5, 0.6) is 5.75 Å². The summed E-state index contributed by atoms with van der Waals surface area (Å²) in [6, 6.07) is 3.65. The van der Waals surface area contributed by atoms with Gasteiger partial charge in [-0.15, -0.1) is 0 Å². The minimum atomic E-state index is 0.232. The SMILES string of the molecule is CN(C)c1cc(C2(C)CC2)c(Cl)cc1O. The zero-order valence-electron chi connectivity index (χ0n) is 9.34. The lowest BCUT2D eigenvalue weighted by atomic mass is 9.97. The number of aromatic hydroxyl groups is 1. The lowest BCUT2D eigenvalue weighted by molar-refractivity contribution is 0.475. The third kappa shape index (κ3) is 1.78. The van der Waals surface area contributed by atoms with Crippen molar-refractivity contribution in [2.24, 2.45) is 0 Å². The molecule has 0 bridgehead atoms. The maximum absolute atomic E-state index is 9.75. The Labute approximate surface area is 95.5 Å². The molecule has 0 aliphatic heterocycles. The molecule has 0 heterocycles. The van der Waals surface area contributed by atoms with Gasteiger partial charge in [0.2, 0.25) is 0 Å². The first-order valence-electron chi connectivity index (χ1n) is 5.14. The normalized spacial score (nSPS) is 17.6. The first kappa shape index (κ1) is 10.6. The Morgan fingerprint density at radius 2 is 1.93 bits per heavy atom. The molecular formula is C12H16ClNO. The van der Waals surface area contributed by atoms with E-state index in [4.69, 9.17) is 11.6 Å². The van der Waals surface area contributed by atoms with Gasteiger partial charge in [0.25, 0.3) is 0 Å². The zero-order chi connectivity index (χ0) is 11.2. The molecule has 1 aliphatic rings. The standard InChI is InChI=1S/C12H16ClNO/c1-12(4-5-12)8-6-10(14(2)3)11(15)7-9(8)13/h6-7,15H,4-5H2,1-3H3. The fraction of sp³-hybridized carbons (Fsp3) is 0.500. The number of phenolic OH excluding ortho intramolecular Hbond substituents is 1. The number of anilines is 1. The summed E-state index contributed by atoms with van der Waals surface area (Å²) < 4.78 is 0. The number of benzene rings is 1. The molecule has 0 spiro atoms. The van der Waals surface area contributed by atoms with Crippen molar-refractivity contribution in [3.05, 3.63) is 22.7 Å². The van der Waals surface area contributed by atoms with Gasteiger partial charge in [0.05, 0.1) is 5.69 Å². The summed E-state index contributed by atoms with van der Waals surface area (Å²) >= 11 is 6.15. The summed E-state index contributed by atoms with van der Waals surface area (Å²) in [4.78, 5) is 1.90. The first-order chi connectivity index (χ1) is 6.94. The minimum Gasteiger partial charge on any atom is -0.506 e. The van der Waals surface area contributed by atoms with Crippen LogP contribution in [0.4, 0.5) is 5.69 Å². The summed E-state index contributed by atoms with van der Waals surface area (Å²) in [6.07, 6.45) is 2.37. The topological polar surface area (TPSA) is 23.5 Å². The second-order valence-corrected chi connectivity index (χ2v) is 5.18. The second-order valence-electron chi connectivity index (χ2n) is 4.78. The van der Waals surface area contributed by atoms with Gasteiger partial charge < -0.3 is 10.0 Å². The monoisotopic (exact) mass is 225 g/mol. The number of phenols is 1. The van der Waals surface area contributed by atoms with Gasteiger partial charge in [0, 0.05) is 25.2 Å². The molecule has 1 saturated carbocycles. The fourth-order valence-electron chi connectivity index (χ4n) is 1.83. The second kappa shape index (κ2) is 3.31. The van der Waals surface area contributed by atoms with Gasteiger partial charge in [0.1, 0.15) is 5.75 Å². The van der Waals surface area contributed by atoms with E-state index in [2.05, 4.69) is 6.92 Å². The highest BCUT2D eigenvalue weighted by Crippen LogP contribution is 2.51. The van der Waals surface area contributed by atoms with Gasteiger partial charge in [-0.25, -0.2) is 0 Å². The molecular weight excluding hydrogens is 210 g/mol. The van der Waals surface area contributed by atoms with Crippen molar-refractivity contribution < 1.29 is 5.11 Å². The summed E-state index contributed by atoms with van der Waals surface area (Å²) in [7, 11) is 3.84. The number of hydrogen-bond acceptors (Lipinski definition) is 2. The smallest absolute Gasteiger partial charge is 0.140 e. The lowest BCUT2D eigenvalue weighted by Crippen LogP contribution is -2.11. The van der Waals surface area contributed by atoms with Crippen LogP contribution in [-0.4, -0.2) is 19.2 Å². The van der Waals surface area contributed by atoms with Crippen molar-refractivity contribution in [2.45, 2.75) is 25.2 Å². The Hall–Kier alpha value is -0.890. The average Bonchev–Trinajstić information content (AvgIpc) is 2.83. The van der Waals surface area contributed by atoms with Crippen molar-refractivity contribution in [1.29, 1.82) is 0 Å². The molecule has 15 heavy (non-hydrogen) atoms. The van der Waals surface area contributed by atoms with Gasteiger partial charge >= 0.3 is 0 Å². The van der Waals surface area contributed by atoms with Crippen LogP contribution in [0.15, 0.2) is 12.1 Å². The minimum absolute atomic E-state index is 0.232. The van der Waals surface area contributed by atoms with Crippen molar-refractivity contribution in [2.75, 3.05) is 19.0 Å². The van der Waals surface area contributed by atoms with Gasteiger partial charge in [-0.05, 0) is 29.9 Å². The molecule has 1 aromatic rings. The Morgan fingerprint density at radius 3 is 2.40 bits per heavy atom. The largest absolute Gasteiger partial charge is 0.506 e. The predicted octanol–water partition coefficient (Wildman–Crippen LogP) is 3.16. The molecule has 82 valence electrons. The third-order valence-electron chi connectivity index (χ3n) is 3.20. The first-order valence-corrected chi connectivity index (χ1v) is 5.52. The van der Waals surface area contributed by atoms with E-state index in [-0.39, 0.29) is 11.2 Å². The molecule has 0 saturated heterocycles. The molecule has 0 radical (unpaired) electrons. The maximum atomic E-state index is 9.75. The Balaban J connectivity index is 2.51. The van der Waals surface area contributed by atoms with E-state index in [1.54, 1.807) is 6.07 Å². The average molecular weight is 226 g/mol. The van der Waals surface area contributed by atoms with Crippen LogP contribution in [0.2, 0.25) is 5.02 Å². The predicted molar refractivity (Wildman–Crippen MR) is 64.0 cm³/mol. The number of halogens is 1. The highest BCUT2D eigenvalue weighted by atomic mass is 35.5. The summed E-state index contributed by atoms with van der Waals surface area (Å²) in [5.74, 6) is 0.248. The molecule has 0 atom stereocenters. The van der Waals surface area contributed by atoms with Crippen molar-refractivity contribution in [3.63, 3.8) is 0 Å². The summed E-state index contributed by atoms with van der Waals surface area (Å²) in [5.41, 5.74) is 2.23. The van der Waals surface area contributed by atoms with Gasteiger partial charge in [-0.1, -0.05) is 18.5 Å². The van der Waals surface area contributed by atoms with E-state index in [1.807, 2.05) is 25.1 Å². The fourth-order valence-corrected chi connectivity index (χ4v) is 2.21. The molecule has 2 rings (SSSR count). The van der Waals surface area contributed by atoms with E-state index < -0.39 is 0 Å². The summed E-state index contributed by atoms with van der Waals surface area (Å²) in [6.45, 7) is 2.21. The van der Waals surface area contributed by atoms with Gasteiger partial charge in [-0.2, -0.15) is 0 Å². The van der Waals surface area contributed by atoms with Crippen molar-refractivity contribution >= 4 is 17.3 Å². The van der Waals surface area contributed by atoms with Crippen LogP contribution in [0.3, 0.4) is 0 Å². The van der Waals surface area contributed by atoms with Crippen LogP contribution in [0.1, 0.15) is 25.3 Å². The molecule has 1 fully saturated rings. The molecule has 3 heteroatoms. The molecule has 1 N–H and O–H groups in total. The van der Waals surface area contributed by atoms with Crippen molar-refractivity contribution in [1.82, 2.24) is 0 Å². The number of hydrogen-bond donors (Lipinski definition) is 1. The molecule has 0 amide bonds. The Morgan fingerprint density at radius 1 is 1.33 bits per heavy atom. The molecule has 0 unspecified atom stereocenters. The van der Waals surface area contributed by atoms with Crippen LogP contribution >= 0.6 is 11.6 Å². The third-order valence-corrected chi connectivity index (χ3v) is 3.51. The van der Waals surface area contributed by atoms with Crippen LogP contribution in [0, 0.1) is 0 Å². The van der Waals surface area contributed by atoms with E-state index >= 15 is 0 Å². The quantitative estimate of drug-likeness (QED) is 0.836. The van der Waals surface area contributed by atoms with E-state index in [1.165, 1.54) is 12.8 Å². The molecule has 1 aliphatic carbocycles. The zero-order valence-corrected chi connectivity index (χ0v) is 10.1. The van der Waals surface area contributed by atoms with E-state index in [9.17, 15) is 5.11 Å². The number of rotatable bonds is 2. The van der Waals surface area contributed by atoms with Crippen LogP contribution in [0.25, 0.3) is 0 Å².